The van der Waals surface area contributed by atoms with E-state index in [9.17, 15) is 4.79 Å². The highest BCUT2D eigenvalue weighted by Gasteiger charge is 2.32. The van der Waals surface area contributed by atoms with Gasteiger partial charge in [-0.1, -0.05) is 17.7 Å². The van der Waals surface area contributed by atoms with Crippen molar-refractivity contribution in [2.75, 3.05) is 11.9 Å². The number of rotatable bonds is 0. The summed E-state index contributed by atoms with van der Waals surface area (Å²) in [6.07, 6.45) is 0. The van der Waals surface area contributed by atoms with E-state index in [0.717, 1.165) is 0 Å². The molecule has 0 saturated heterocycles. The van der Waals surface area contributed by atoms with Crippen molar-refractivity contribution < 1.29 is 9.53 Å². The maximum atomic E-state index is 11.8. The van der Waals surface area contributed by atoms with Gasteiger partial charge in [-0.05, 0) is 26.0 Å². The van der Waals surface area contributed by atoms with Gasteiger partial charge in [0.25, 0.3) is 0 Å². The molecule has 1 aliphatic rings. The van der Waals surface area contributed by atoms with Crippen molar-refractivity contribution in [3.05, 3.63) is 23.2 Å². The number of carbonyl (C=O) groups excluding carboxylic acids is 1. The number of para-hydroxylation sites is 1. The molecule has 0 unspecified atom stereocenters. The fraction of sp³-hybridized carbons (Fsp3) is 0.364. The first-order valence-electron chi connectivity index (χ1n) is 4.73. The first kappa shape index (κ1) is 10.3. The summed E-state index contributed by atoms with van der Waals surface area (Å²) in [5.74, 6) is 0.552. The van der Waals surface area contributed by atoms with E-state index in [1.807, 2.05) is 13.8 Å². The van der Waals surface area contributed by atoms with E-state index >= 15 is 0 Å². The highest BCUT2D eigenvalue weighted by Crippen LogP contribution is 2.36. The number of hydrogen-bond acceptors (Lipinski definition) is 2. The van der Waals surface area contributed by atoms with E-state index in [0.29, 0.717) is 23.1 Å². The van der Waals surface area contributed by atoms with Crippen LogP contribution in [0.25, 0.3) is 0 Å². The number of hydrogen-bond donors (Lipinski definition) is 1. The van der Waals surface area contributed by atoms with Crippen LogP contribution in [-0.2, 0) is 4.79 Å². The zero-order chi connectivity index (χ0) is 11.1. The number of carbonyl (C=O) groups is 1. The molecule has 3 nitrogen and oxygen atoms in total. The predicted octanol–water partition coefficient (Wildman–Crippen LogP) is 2.70. The molecule has 15 heavy (non-hydrogen) atoms. The smallest absolute Gasteiger partial charge is 0.233 e. The van der Waals surface area contributed by atoms with Gasteiger partial charge in [-0.3, -0.25) is 4.79 Å². The number of halogens is 1. The molecule has 2 rings (SSSR count). The molecule has 1 aromatic rings. The Labute approximate surface area is 93.4 Å². The van der Waals surface area contributed by atoms with Crippen molar-refractivity contribution in [3.8, 4) is 5.75 Å². The first-order chi connectivity index (χ1) is 7.00. The molecular weight excluding hydrogens is 214 g/mol. The lowest BCUT2D eigenvalue weighted by Crippen LogP contribution is -2.33. The Kier molecular flexibility index (Phi) is 2.35. The van der Waals surface area contributed by atoms with Gasteiger partial charge in [-0.2, -0.15) is 0 Å². The minimum Gasteiger partial charge on any atom is -0.490 e. The fourth-order valence-electron chi connectivity index (χ4n) is 1.35. The summed E-state index contributed by atoms with van der Waals surface area (Å²) < 4.78 is 5.55. The molecule has 0 radical (unpaired) electrons. The molecule has 1 aromatic carbocycles. The summed E-state index contributed by atoms with van der Waals surface area (Å²) in [5.41, 5.74) is 0.0252. The molecule has 0 fully saturated rings. The lowest BCUT2D eigenvalue weighted by molar-refractivity contribution is -0.124. The van der Waals surface area contributed by atoms with Crippen LogP contribution in [0.3, 0.4) is 0 Å². The Morgan fingerprint density at radius 1 is 1.47 bits per heavy atom. The van der Waals surface area contributed by atoms with E-state index < -0.39 is 5.41 Å². The van der Waals surface area contributed by atoms with Crippen molar-refractivity contribution in [3.63, 3.8) is 0 Å². The van der Waals surface area contributed by atoms with Crippen molar-refractivity contribution in [2.45, 2.75) is 13.8 Å². The summed E-state index contributed by atoms with van der Waals surface area (Å²) in [5, 5.41) is 3.28. The third kappa shape index (κ3) is 1.79. The highest BCUT2D eigenvalue weighted by atomic mass is 35.5. The van der Waals surface area contributed by atoms with Crippen LogP contribution in [0.1, 0.15) is 13.8 Å². The van der Waals surface area contributed by atoms with Gasteiger partial charge in [0.15, 0.2) is 0 Å². The van der Waals surface area contributed by atoms with E-state index in [1.54, 1.807) is 18.2 Å². The Morgan fingerprint density at radius 2 is 2.20 bits per heavy atom. The Bertz CT molecular complexity index is 415. The van der Waals surface area contributed by atoms with E-state index in [4.69, 9.17) is 16.3 Å². The molecule has 1 N–H and O–H groups in total. The van der Waals surface area contributed by atoms with Crippen LogP contribution in [0.4, 0.5) is 5.69 Å². The molecule has 1 heterocycles. The quantitative estimate of drug-likeness (QED) is 0.737. The van der Waals surface area contributed by atoms with Gasteiger partial charge in [-0.25, -0.2) is 0 Å². The third-order valence-electron chi connectivity index (χ3n) is 2.42. The number of benzene rings is 1. The van der Waals surface area contributed by atoms with Crippen molar-refractivity contribution in [2.24, 2.45) is 5.41 Å². The summed E-state index contributed by atoms with van der Waals surface area (Å²) in [4.78, 5) is 11.8. The van der Waals surface area contributed by atoms with Gasteiger partial charge in [-0.15, -0.1) is 0 Å². The summed E-state index contributed by atoms with van der Waals surface area (Å²) in [6, 6.07) is 5.32. The molecule has 1 amide bonds. The second kappa shape index (κ2) is 3.42. The number of amides is 1. The lowest BCUT2D eigenvalue weighted by Gasteiger charge is -2.18. The molecule has 0 saturated carbocycles. The van der Waals surface area contributed by atoms with Gasteiger partial charge >= 0.3 is 0 Å². The molecular formula is C11H12ClNO2. The standard InChI is InChI=1S/C11H12ClNO2/c1-11(2)6-15-8-5-3-4-7(12)9(8)13-10(11)14/h3-5H,6H2,1-2H3,(H,13,14). The topological polar surface area (TPSA) is 38.3 Å². The van der Waals surface area contributed by atoms with Crippen molar-refractivity contribution in [1.29, 1.82) is 0 Å². The van der Waals surface area contributed by atoms with Gasteiger partial charge in [0.1, 0.15) is 18.0 Å². The van der Waals surface area contributed by atoms with Gasteiger partial charge < -0.3 is 10.1 Å². The Morgan fingerprint density at radius 3 is 2.93 bits per heavy atom. The van der Waals surface area contributed by atoms with E-state index in [2.05, 4.69) is 5.32 Å². The maximum absolute atomic E-state index is 11.8. The zero-order valence-corrected chi connectivity index (χ0v) is 9.39. The number of ether oxygens (including phenoxy) is 1. The molecule has 1 aliphatic heterocycles. The number of fused-ring (bicyclic) bond motifs is 1. The molecule has 0 aliphatic carbocycles. The second-order valence-corrected chi connectivity index (χ2v) is 4.65. The molecule has 0 atom stereocenters. The van der Waals surface area contributed by atoms with E-state index in [1.165, 1.54) is 0 Å². The summed E-state index contributed by atoms with van der Waals surface area (Å²) >= 11 is 5.98. The van der Waals surface area contributed by atoms with Crippen LogP contribution in [0.5, 0.6) is 5.75 Å². The van der Waals surface area contributed by atoms with Crippen LogP contribution in [0.2, 0.25) is 5.02 Å². The molecule has 4 heteroatoms. The van der Waals surface area contributed by atoms with Crippen LogP contribution < -0.4 is 10.1 Å². The highest BCUT2D eigenvalue weighted by molar-refractivity contribution is 6.34. The fourth-order valence-corrected chi connectivity index (χ4v) is 1.57. The SMILES string of the molecule is CC1(C)COc2cccc(Cl)c2NC1=O. The molecule has 0 spiro atoms. The lowest BCUT2D eigenvalue weighted by atomic mass is 9.94. The minimum atomic E-state index is -0.539. The van der Waals surface area contributed by atoms with Crippen LogP contribution in [-0.4, -0.2) is 12.5 Å². The average Bonchev–Trinajstić information content (AvgIpc) is 2.28. The van der Waals surface area contributed by atoms with Crippen molar-refractivity contribution >= 4 is 23.2 Å². The van der Waals surface area contributed by atoms with E-state index in [-0.39, 0.29) is 5.91 Å². The zero-order valence-electron chi connectivity index (χ0n) is 8.63. The average molecular weight is 226 g/mol. The maximum Gasteiger partial charge on any atom is 0.233 e. The first-order valence-corrected chi connectivity index (χ1v) is 5.11. The minimum absolute atomic E-state index is 0.0747. The largest absolute Gasteiger partial charge is 0.490 e. The predicted molar refractivity (Wildman–Crippen MR) is 59.4 cm³/mol. The molecule has 80 valence electrons. The summed E-state index contributed by atoms with van der Waals surface area (Å²) in [7, 11) is 0. The normalized spacial score (nSPS) is 18.5. The summed E-state index contributed by atoms with van der Waals surface area (Å²) in [6.45, 7) is 4.02. The number of nitrogens with one attached hydrogen (secondary N) is 1. The monoisotopic (exact) mass is 225 g/mol. The van der Waals surface area contributed by atoms with Gasteiger partial charge in [0.2, 0.25) is 5.91 Å². The third-order valence-corrected chi connectivity index (χ3v) is 2.73. The van der Waals surface area contributed by atoms with Crippen LogP contribution in [0.15, 0.2) is 18.2 Å². The van der Waals surface area contributed by atoms with Gasteiger partial charge in [0.05, 0.1) is 10.4 Å². The van der Waals surface area contributed by atoms with Crippen molar-refractivity contribution in [1.82, 2.24) is 0 Å². The second-order valence-electron chi connectivity index (χ2n) is 4.24. The van der Waals surface area contributed by atoms with Gasteiger partial charge in [0, 0.05) is 0 Å². The molecule has 0 bridgehead atoms. The Balaban J connectivity index is 2.45. The van der Waals surface area contributed by atoms with Crippen LogP contribution >= 0.6 is 11.6 Å². The molecule has 0 aromatic heterocycles. The number of anilines is 1. The Hall–Kier alpha value is -1.22. The van der Waals surface area contributed by atoms with Crippen LogP contribution in [0, 0.1) is 5.41 Å².